The molecule has 0 atom stereocenters. The van der Waals surface area contributed by atoms with Crippen LogP contribution in [0.1, 0.15) is 5.56 Å². The number of hydrogen-bond donors (Lipinski definition) is 0. The Bertz CT molecular complexity index is 259. The van der Waals surface area contributed by atoms with Crippen LogP contribution in [-0.4, -0.2) is 6.98 Å². The molecule has 0 nitrogen and oxygen atoms in total. The van der Waals surface area contributed by atoms with Crippen LogP contribution < -0.4 is 56.8 Å². The van der Waals surface area contributed by atoms with Crippen LogP contribution in [0.15, 0.2) is 24.3 Å². The van der Waals surface area contributed by atoms with E-state index in [9.17, 15) is 12.9 Å². The van der Waals surface area contributed by atoms with Crippen LogP contribution in [-0.2, 0) is 0 Å². The molecule has 5 heteroatoms. The largest absolute Gasteiger partial charge is 1.00 e. The maximum atomic E-state index is 12.0. The summed E-state index contributed by atoms with van der Waals surface area (Å²) in [6.45, 7) is -3.18. The second-order valence-corrected chi connectivity index (χ2v) is 2.49. The second-order valence-electron chi connectivity index (χ2n) is 2.49. The molecule has 1 rings (SSSR count). The molecule has 0 saturated carbocycles. The molecule has 0 N–H and O–H groups in total. The molecule has 0 amide bonds. The Morgan fingerprint density at radius 3 is 2.08 bits per heavy atom. The second kappa shape index (κ2) is 4.81. The van der Waals surface area contributed by atoms with Crippen molar-refractivity contribution in [2.24, 2.45) is 0 Å². The monoisotopic (exact) mass is 198 g/mol. The normalized spacial score (nSPS) is 10.7. The molecule has 12 heavy (non-hydrogen) atoms. The van der Waals surface area contributed by atoms with Crippen molar-refractivity contribution in [1.29, 1.82) is 0 Å². The Morgan fingerprint density at radius 1 is 1.17 bits per heavy atom. The van der Waals surface area contributed by atoms with E-state index in [1.165, 1.54) is 6.07 Å². The molecule has 0 fully saturated rings. The Labute approximate surface area is 112 Å². The van der Waals surface area contributed by atoms with Gasteiger partial charge >= 0.3 is 58.4 Å². The van der Waals surface area contributed by atoms with Crippen LogP contribution in [0.25, 0.3) is 0 Å². The summed E-state index contributed by atoms with van der Waals surface area (Å²) in [5.74, 6) is 0. The smallest absolute Gasteiger partial charge is 0.445 e. The van der Waals surface area contributed by atoms with Gasteiger partial charge in [-0.25, -0.2) is 0 Å². The zero-order valence-corrected chi connectivity index (χ0v) is 10.1. The van der Waals surface area contributed by atoms with Gasteiger partial charge in [0.1, 0.15) is 0 Å². The minimum absolute atomic E-state index is 0. The third-order valence-electron chi connectivity index (χ3n) is 1.42. The van der Waals surface area contributed by atoms with E-state index in [1.807, 2.05) is 0 Å². The predicted molar refractivity (Wildman–Crippen MR) is 39.9 cm³/mol. The topological polar surface area (TPSA) is 0 Å². The summed E-state index contributed by atoms with van der Waals surface area (Å²) >= 11 is 0. The molecule has 0 aliphatic rings. The van der Waals surface area contributed by atoms with Gasteiger partial charge < -0.3 is 12.9 Å². The van der Waals surface area contributed by atoms with Crippen molar-refractivity contribution in [2.75, 3.05) is 0 Å². The third-order valence-corrected chi connectivity index (χ3v) is 1.42. The molecule has 0 aromatic heterocycles. The minimum atomic E-state index is -4.82. The first-order valence-corrected chi connectivity index (χ1v) is 3.26. The van der Waals surface area contributed by atoms with E-state index >= 15 is 0 Å². The fourth-order valence-corrected chi connectivity index (χ4v) is 0.874. The number of rotatable bonds is 1. The van der Waals surface area contributed by atoms with Crippen LogP contribution in [0.3, 0.4) is 0 Å². The standard InChI is InChI=1S/C7H7BF3.K/c1-6-3-2-4-7(5-6)8(9,10)11;/h2-5H,1H3;/q-1;+1. The van der Waals surface area contributed by atoms with Crippen molar-refractivity contribution in [3.63, 3.8) is 0 Å². The van der Waals surface area contributed by atoms with Gasteiger partial charge in [0.25, 0.3) is 0 Å². The van der Waals surface area contributed by atoms with Gasteiger partial charge in [0, 0.05) is 0 Å². The van der Waals surface area contributed by atoms with Crippen LogP contribution in [0, 0.1) is 6.92 Å². The van der Waals surface area contributed by atoms with E-state index in [1.54, 1.807) is 13.0 Å². The molecule has 0 spiro atoms. The van der Waals surface area contributed by atoms with Crippen molar-refractivity contribution in [1.82, 2.24) is 0 Å². The maximum absolute atomic E-state index is 12.0. The van der Waals surface area contributed by atoms with Gasteiger partial charge in [-0.3, -0.25) is 0 Å². The number of halogens is 3. The number of hydrogen-bond acceptors (Lipinski definition) is 0. The van der Waals surface area contributed by atoms with Crippen molar-refractivity contribution >= 4 is 12.4 Å². The SMILES string of the molecule is Cc1cccc([B-](F)(F)F)c1.[K+]. The summed E-state index contributed by atoms with van der Waals surface area (Å²) in [7, 11) is 0. The molecule has 0 aliphatic heterocycles. The molecule has 60 valence electrons. The zero-order chi connectivity index (χ0) is 8.48. The summed E-state index contributed by atoms with van der Waals surface area (Å²) < 4.78 is 36.1. The van der Waals surface area contributed by atoms with Crippen LogP contribution in [0.4, 0.5) is 12.9 Å². The third kappa shape index (κ3) is 3.62. The van der Waals surface area contributed by atoms with E-state index in [2.05, 4.69) is 0 Å². The van der Waals surface area contributed by atoms with Gasteiger partial charge in [-0.05, 0) is 6.92 Å². The van der Waals surface area contributed by atoms with Gasteiger partial charge in [-0.1, -0.05) is 29.8 Å². The Balaban J connectivity index is 0.00000121. The van der Waals surface area contributed by atoms with Gasteiger partial charge in [0.2, 0.25) is 0 Å². The molecular weight excluding hydrogens is 191 g/mol. The summed E-state index contributed by atoms with van der Waals surface area (Å²) in [6.07, 6.45) is 0. The maximum Gasteiger partial charge on any atom is 1.00 e. The Hall–Kier alpha value is 0.711. The van der Waals surface area contributed by atoms with Gasteiger partial charge in [-0.15, -0.1) is 5.46 Å². The van der Waals surface area contributed by atoms with E-state index < -0.39 is 12.4 Å². The summed E-state index contributed by atoms with van der Waals surface area (Å²) in [5, 5.41) is 0. The fraction of sp³-hybridized carbons (Fsp3) is 0.143. The van der Waals surface area contributed by atoms with Gasteiger partial charge in [-0.2, -0.15) is 0 Å². The van der Waals surface area contributed by atoms with Crippen LogP contribution in [0.2, 0.25) is 0 Å². The van der Waals surface area contributed by atoms with Gasteiger partial charge in [0.05, 0.1) is 0 Å². The van der Waals surface area contributed by atoms with E-state index in [0.717, 1.165) is 12.1 Å². The molecule has 0 saturated heterocycles. The summed E-state index contributed by atoms with van der Waals surface area (Å²) in [6, 6.07) is 5.30. The zero-order valence-electron chi connectivity index (χ0n) is 7.02. The van der Waals surface area contributed by atoms with Crippen molar-refractivity contribution in [3.8, 4) is 0 Å². The first-order chi connectivity index (χ1) is 5.00. The molecule has 0 bridgehead atoms. The summed E-state index contributed by atoms with van der Waals surface area (Å²) in [4.78, 5) is 0. The molecule has 0 radical (unpaired) electrons. The van der Waals surface area contributed by atoms with Crippen molar-refractivity contribution in [2.45, 2.75) is 6.92 Å². The first-order valence-electron chi connectivity index (χ1n) is 3.26. The van der Waals surface area contributed by atoms with E-state index in [0.29, 0.717) is 5.56 Å². The van der Waals surface area contributed by atoms with E-state index in [-0.39, 0.29) is 51.4 Å². The molecule has 0 heterocycles. The average Bonchev–Trinajstić information content (AvgIpc) is 1.86. The molecule has 0 unspecified atom stereocenters. The van der Waals surface area contributed by atoms with Crippen LogP contribution in [0.5, 0.6) is 0 Å². The summed E-state index contributed by atoms with van der Waals surface area (Å²) in [5.41, 5.74) is 0.117. The Morgan fingerprint density at radius 2 is 1.75 bits per heavy atom. The Kier molecular flexibility index (Phi) is 5.10. The quantitative estimate of drug-likeness (QED) is 0.510. The molecule has 0 aliphatic carbocycles. The first kappa shape index (κ1) is 12.7. The average molecular weight is 198 g/mol. The van der Waals surface area contributed by atoms with E-state index in [4.69, 9.17) is 0 Å². The molecule has 1 aromatic carbocycles. The van der Waals surface area contributed by atoms with Crippen molar-refractivity contribution in [3.05, 3.63) is 29.8 Å². The number of benzene rings is 1. The van der Waals surface area contributed by atoms with Gasteiger partial charge in [0.15, 0.2) is 0 Å². The molecule has 1 aromatic rings. The number of aryl methyl sites for hydroxylation is 1. The predicted octanol–water partition coefficient (Wildman–Crippen LogP) is -0.947. The fourth-order valence-electron chi connectivity index (χ4n) is 0.874. The van der Waals surface area contributed by atoms with Crippen LogP contribution >= 0.6 is 0 Å². The van der Waals surface area contributed by atoms with Crippen molar-refractivity contribution < 1.29 is 64.3 Å². The minimum Gasteiger partial charge on any atom is -0.445 e. The molecular formula is C7H7BF3K.